The Hall–Kier alpha value is -0.0200. The quantitative estimate of drug-likeness (QED) is 0.366. The molecule has 1 unspecified atom stereocenters. The van der Waals surface area contributed by atoms with Crippen molar-refractivity contribution >= 4 is 53.8 Å². The lowest BCUT2D eigenvalue weighted by atomic mass is 10.0. The maximum absolute atomic E-state index is 7.52. The van der Waals surface area contributed by atoms with E-state index in [-0.39, 0.29) is 6.04 Å². The van der Waals surface area contributed by atoms with E-state index >= 15 is 0 Å². The van der Waals surface area contributed by atoms with Gasteiger partial charge in [0.25, 0.3) is 0 Å². The molecule has 0 heterocycles. The van der Waals surface area contributed by atoms with Crippen LogP contribution in [-0.2, 0) is 6.42 Å². The molecule has 0 fully saturated rings. The number of likely N-dealkylation sites (N-methyl/N-ethyl adjacent to an activating group) is 1. The molecule has 1 atom stereocenters. The summed E-state index contributed by atoms with van der Waals surface area (Å²) in [6.07, 6.45) is 2.06. The summed E-state index contributed by atoms with van der Waals surface area (Å²) >= 11 is 8.54. The first-order valence-electron chi connectivity index (χ1n) is 5.77. The van der Waals surface area contributed by atoms with Crippen LogP contribution >= 0.6 is 41.9 Å². The fourth-order valence-corrected chi connectivity index (χ4v) is 3.07. The zero-order valence-corrected chi connectivity index (χ0v) is 14.6. The van der Waals surface area contributed by atoms with Gasteiger partial charge in [-0.15, -0.1) is 0 Å². The molecule has 0 saturated carbocycles. The van der Waals surface area contributed by atoms with Crippen molar-refractivity contribution in [2.45, 2.75) is 12.5 Å². The average Bonchev–Trinajstić information content (AvgIpc) is 2.38. The molecule has 4 nitrogen and oxygen atoms in total. The molecule has 1 aromatic rings. The van der Waals surface area contributed by atoms with Crippen molar-refractivity contribution in [2.75, 3.05) is 25.4 Å². The van der Waals surface area contributed by atoms with Gasteiger partial charge >= 0.3 is 0 Å². The fourth-order valence-electron chi connectivity index (χ4n) is 1.80. The summed E-state index contributed by atoms with van der Waals surface area (Å²) in [5.41, 5.74) is 8.37. The number of anilines is 1. The van der Waals surface area contributed by atoms with Crippen molar-refractivity contribution in [3.8, 4) is 0 Å². The first kappa shape index (κ1) is 17.0. The molecule has 19 heavy (non-hydrogen) atoms. The van der Waals surface area contributed by atoms with Crippen LogP contribution in [0.4, 0.5) is 5.69 Å². The van der Waals surface area contributed by atoms with E-state index < -0.39 is 0 Å². The van der Waals surface area contributed by atoms with Gasteiger partial charge in [-0.25, -0.2) is 0 Å². The molecule has 1 rings (SSSR count). The van der Waals surface area contributed by atoms with Crippen molar-refractivity contribution in [1.82, 2.24) is 4.90 Å². The number of nitrogens with one attached hydrogen (secondary N) is 2. The van der Waals surface area contributed by atoms with Crippen molar-refractivity contribution in [1.29, 1.82) is 5.41 Å². The monoisotopic (exact) mass is 412 g/mol. The van der Waals surface area contributed by atoms with Gasteiger partial charge in [0.1, 0.15) is 0 Å². The van der Waals surface area contributed by atoms with Crippen LogP contribution in [0.15, 0.2) is 12.1 Å². The molecular weight excluding hydrogens is 395 g/mol. The molecule has 106 valence electrons. The summed E-state index contributed by atoms with van der Waals surface area (Å²) in [6, 6.07) is 4.20. The lowest BCUT2D eigenvalue weighted by molar-refractivity contribution is 0.298. The van der Waals surface area contributed by atoms with Crippen LogP contribution in [-0.4, -0.2) is 37.8 Å². The second kappa shape index (κ2) is 8.31. The largest absolute Gasteiger partial charge is 0.329 e. The van der Waals surface area contributed by atoms with Crippen LogP contribution in [0.25, 0.3) is 0 Å². The predicted molar refractivity (Wildman–Crippen MR) is 94.8 cm³/mol. The third kappa shape index (κ3) is 4.49. The molecule has 0 spiro atoms. The highest BCUT2D eigenvalue weighted by Gasteiger charge is 2.15. The summed E-state index contributed by atoms with van der Waals surface area (Å²) in [5, 5.41) is 8.15. The van der Waals surface area contributed by atoms with E-state index in [1.165, 1.54) is 15.3 Å². The Kier molecular flexibility index (Phi) is 7.45. The summed E-state index contributed by atoms with van der Waals surface area (Å²) in [6.45, 7) is 0.576. The Morgan fingerprint density at radius 3 is 2.74 bits per heavy atom. The van der Waals surface area contributed by atoms with Gasteiger partial charge in [0, 0.05) is 54.7 Å². The molecule has 0 amide bonds. The van der Waals surface area contributed by atoms with E-state index in [2.05, 4.69) is 30.8 Å². The Morgan fingerprint density at radius 1 is 1.58 bits per heavy atom. The average molecular weight is 413 g/mol. The summed E-state index contributed by atoms with van der Waals surface area (Å²) in [5.74, 6) is 0. The molecule has 7 heteroatoms. The van der Waals surface area contributed by atoms with Crippen LogP contribution < -0.4 is 10.5 Å². The number of hydrogen-bond donors (Lipinski definition) is 3. The predicted octanol–water partition coefficient (Wildman–Crippen LogP) is 3.18. The Balaban J connectivity index is 3.06. The SMILES string of the molecule is CN(C)C(CN)Cc1ccc(NSI)c(C=N)c1Cl. The number of nitrogens with zero attached hydrogens (tertiary/aromatic N) is 1. The zero-order valence-electron chi connectivity index (χ0n) is 10.9. The third-order valence-corrected chi connectivity index (χ3v) is 4.41. The molecule has 0 aliphatic carbocycles. The van der Waals surface area contributed by atoms with Gasteiger partial charge in [0.05, 0.1) is 10.7 Å². The first-order chi connectivity index (χ1) is 9.04. The molecule has 0 bridgehead atoms. The van der Waals surface area contributed by atoms with Crippen LogP contribution in [0, 0.1) is 5.41 Å². The van der Waals surface area contributed by atoms with Gasteiger partial charge in [-0.3, -0.25) is 0 Å². The van der Waals surface area contributed by atoms with Gasteiger partial charge in [0.15, 0.2) is 0 Å². The van der Waals surface area contributed by atoms with Crippen molar-refractivity contribution < 1.29 is 0 Å². The van der Waals surface area contributed by atoms with Gasteiger partial charge < -0.3 is 20.8 Å². The summed E-state index contributed by atoms with van der Waals surface area (Å²) in [4.78, 5) is 2.09. The molecule has 0 aliphatic heterocycles. The lowest BCUT2D eigenvalue weighted by Gasteiger charge is -2.23. The van der Waals surface area contributed by atoms with Crippen molar-refractivity contribution in [2.24, 2.45) is 5.73 Å². The second-order valence-electron chi connectivity index (χ2n) is 4.38. The number of hydrogen-bond acceptors (Lipinski definition) is 5. The highest BCUT2D eigenvalue weighted by Crippen LogP contribution is 2.30. The highest BCUT2D eigenvalue weighted by molar-refractivity contribution is 14.2. The van der Waals surface area contributed by atoms with Crippen molar-refractivity contribution in [3.63, 3.8) is 0 Å². The number of benzene rings is 1. The van der Waals surface area contributed by atoms with E-state index in [0.29, 0.717) is 11.6 Å². The molecule has 0 aliphatic rings. The van der Waals surface area contributed by atoms with Crippen LogP contribution in [0.5, 0.6) is 0 Å². The van der Waals surface area contributed by atoms with Gasteiger partial charge in [-0.2, -0.15) is 0 Å². The van der Waals surface area contributed by atoms with E-state index in [9.17, 15) is 0 Å². The number of halogens is 2. The van der Waals surface area contributed by atoms with Crippen molar-refractivity contribution in [3.05, 3.63) is 28.3 Å². The second-order valence-corrected chi connectivity index (χ2v) is 6.44. The normalized spacial score (nSPS) is 12.5. The molecule has 4 N–H and O–H groups in total. The van der Waals surface area contributed by atoms with Crippen LogP contribution in [0.3, 0.4) is 0 Å². The standard InChI is InChI=1S/C12H18ClIN4S/c1-18(2)9(6-15)5-8-3-4-11(17-19-14)10(7-16)12(8)13/h3-4,7,9,16-17H,5-6,15H2,1-2H3. The van der Waals surface area contributed by atoms with E-state index in [4.69, 9.17) is 22.7 Å². The van der Waals surface area contributed by atoms with E-state index in [1.54, 1.807) is 0 Å². The minimum absolute atomic E-state index is 0.244. The number of nitrogens with two attached hydrogens (primary N) is 1. The van der Waals surface area contributed by atoms with E-state index in [0.717, 1.165) is 23.2 Å². The molecule has 0 aromatic heterocycles. The topological polar surface area (TPSA) is 65.1 Å². The molecule has 1 aromatic carbocycles. The third-order valence-electron chi connectivity index (χ3n) is 3.01. The minimum atomic E-state index is 0.244. The van der Waals surface area contributed by atoms with Gasteiger partial charge in [0.2, 0.25) is 0 Å². The maximum Gasteiger partial charge on any atom is 0.0550 e. The van der Waals surface area contributed by atoms with Crippen LogP contribution in [0.1, 0.15) is 11.1 Å². The minimum Gasteiger partial charge on any atom is -0.329 e. The Bertz CT molecular complexity index is 442. The summed E-state index contributed by atoms with van der Waals surface area (Å²) in [7, 11) is 5.46. The summed E-state index contributed by atoms with van der Waals surface area (Å²) < 4.78 is 3.12. The van der Waals surface area contributed by atoms with E-state index in [1.807, 2.05) is 26.2 Å². The van der Waals surface area contributed by atoms with Gasteiger partial charge in [-0.05, 0) is 32.1 Å². The molecule has 0 radical (unpaired) electrons. The first-order valence-corrected chi connectivity index (χ1v) is 9.50. The smallest absolute Gasteiger partial charge is 0.0550 e. The highest BCUT2D eigenvalue weighted by atomic mass is 127. The van der Waals surface area contributed by atoms with Gasteiger partial charge in [-0.1, -0.05) is 17.7 Å². The number of rotatable bonds is 7. The maximum atomic E-state index is 7.52. The Morgan fingerprint density at radius 2 is 2.26 bits per heavy atom. The molecule has 0 saturated heterocycles. The van der Waals surface area contributed by atoms with Crippen LogP contribution in [0.2, 0.25) is 5.02 Å². The Labute approximate surface area is 135 Å². The molecular formula is C12H18ClIN4S. The fraction of sp³-hybridized carbons (Fsp3) is 0.417. The zero-order chi connectivity index (χ0) is 14.4. The lowest BCUT2D eigenvalue weighted by Crippen LogP contribution is -2.36.